The Hall–Kier alpha value is -0.300. The molecule has 1 nitrogen and oxygen atoms in total. The molecular weight excluding hydrogens is 398 g/mol. The third-order valence-corrected chi connectivity index (χ3v) is 10.9. The van der Waals surface area contributed by atoms with Crippen LogP contribution < -0.4 is 0 Å². The molecule has 0 aromatic carbocycles. The third-order valence-electron chi connectivity index (χ3n) is 10.9. The molecule has 1 aliphatic heterocycles. The average molecular weight is 456 g/mol. The lowest BCUT2D eigenvalue weighted by Gasteiger charge is -2.44. The smallest absolute Gasteiger partial charge is 0.00122 e. The Kier molecular flexibility index (Phi) is 9.45. The minimum absolute atomic E-state index is 0.521. The number of hydrogen-bond donors (Lipinski definition) is 0. The molecule has 1 heteroatoms. The highest BCUT2D eigenvalue weighted by Crippen LogP contribution is 2.66. The van der Waals surface area contributed by atoms with E-state index >= 15 is 0 Å². The van der Waals surface area contributed by atoms with Gasteiger partial charge in [-0.1, -0.05) is 82.6 Å². The van der Waals surface area contributed by atoms with Gasteiger partial charge in [0, 0.05) is 6.54 Å². The largest absolute Gasteiger partial charge is 0.306 e. The highest BCUT2D eigenvalue weighted by molar-refractivity contribution is 5.10. The zero-order valence-electron chi connectivity index (χ0n) is 22.6. The van der Waals surface area contributed by atoms with Gasteiger partial charge in [-0.25, -0.2) is 0 Å². The molecule has 3 unspecified atom stereocenters. The second-order valence-corrected chi connectivity index (χ2v) is 13.4. The number of fused-ring (bicyclic) bond motifs is 1. The van der Waals surface area contributed by atoms with Crippen molar-refractivity contribution in [3.8, 4) is 0 Å². The summed E-state index contributed by atoms with van der Waals surface area (Å²) in [6.07, 6.45) is 31.3. The Labute approximate surface area is 207 Å². The Morgan fingerprint density at radius 1 is 0.697 bits per heavy atom. The van der Waals surface area contributed by atoms with E-state index in [1.165, 1.54) is 141 Å². The van der Waals surface area contributed by atoms with Gasteiger partial charge in [-0.05, 0) is 107 Å². The van der Waals surface area contributed by atoms with E-state index in [2.05, 4.69) is 25.5 Å². The highest BCUT2D eigenvalue weighted by atomic mass is 15.1. The fourth-order valence-electron chi connectivity index (χ4n) is 8.93. The van der Waals surface area contributed by atoms with Gasteiger partial charge in [-0.3, -0.25) is 0 Å². The minimum Gasteiger partial charge on any atom is -0.306 e. The normalized spacial score (nSPS) is 37.0. The maximum absolute atomic E-state index is 4.50. The molecule has 33 heavy (non-hydrogen) atoms. The molecule has 1 saturated heterocycles. The van der Waals surface area contributed by atoms with Gasteiger partial charge in [0.25, 0.3) is 0 Å². The molecule has 1 heterocycles. The van der Waals surface area contributed by atoms with Crippen molar-refractivity contribution in [2.75, 3.05) is 20.1 Å². The number of hydrogen-bond acceptors (Lipinski definition) is 1. The lowest BCUT2D eigenvalue weighted by Crippen LogP contribution is -2.35. The van der Waals surface area contributed by atoms with Crippen molar-refractivity contribution in [1.82, 2.24) is 4.90 Å². The summed E-state index contributed by atoms with van der Waals surface area (Å²) in [5, 5.41) is 0. The fraction of sp³-hybridized carbons (Fsp3) is 0.938. The first-order valence-corrected chi connectivity index (χ1v) is 15.4. The zero-order valence-corrected chi connectivity index (χ0v) is 22.6. The Morgan fingerprint density at radius 2 is 1.21 bits per heavy atom. The summed E-state index contributed by atoms with van der Waals surface area (Å²) < 4.78 is 0. The van der Waals surface area contributed by atoms with Crippen LogP contribution in [-0.4, -0.2) is 25.0 Å². The molecule has 4 fully saturated rings. The van der Waals surface area contributed by atoms with Gasteiger partial charge in [0.1, 0.15) is 0 Å². The van der Waals surface area contributed by atoms with Gasteiger partial charge in [0.15, 0.2) is 0 Å². The monoisotopic (exact) mass is 455 g/mol. The quantitative estimate of drug-likeness (QED) is 0.381. The van der Waals surface area contributed by atoms with Crippen molar-refractivity contribution in [2.45, 2.75) is 142 Å². The first-order chi connectivity index (χ1) is 16.0. The van der Waals surface area contributed by atoms with Crippen LogP contribution in [0.25, 0.3) is 0 Å². The van der Waals surface area contributed by atoms with Crippen LogP contribution in [0.2, 0.25) is 0 Å². The molecule has 4 aliphatic rings. The van der Waals surface area contributed by atoms with E-state index in [1.807, 2.05) is 0 Å². The molecule has 0 N–H and O–H groups in total. The molecule has 3 aliphatic carbocycles. The SMILES string of the molecule is C=C(C)CC1(C2CCCCCCCC2)CCN(C)CC2CC2(C2CCCCCCCC2)CC1. The molecule has 0 amide bonds. The number of nitrogens with zero attached hydrogens (tertiary/aromatic N) is 1. The van der Waals surface area contributed by atoms with E-state index < -0.39 is 0 Å². The predicted octanol–water partition coefficient (Wildman–Crippen LogP) is 9.56. The summed E-state index contributed by atoms with van der Waals surface area (Å²) in [5.74, 6) is 2.96. The summed E-state index contributed by atoms with van der Waals surface area (Å²) in [6.45, 7) is 9.54. The molecule has 0 spiro atoms. The summed E-state index contributed by atoms with van der Waals surface area (Å²) in [6, 6.07) is 0. The van der Waals surface area contributed by atoms with Crippen LogP contribution >= 0.6 is 0 Å². The highest BCUT2D eigenvalue weighted by Gasteiger charge is 2.58. The molecule has 0 aromatic rings. The second-order valence-electron chi connectivity index (χ2n) is 13.4. The van der Waals surface area contributed by atoms with Gasteiger partial charge < -0.3 is 4.90 Å². The van der Waals surface area contributed by atoms with Crippen LogP contribution in [0.5, 0.6) is 0 Å². The summed E-state index contributed by atoms with van der Waals surface area (Å²) >= 11 is 0. The molecular formula is C32H57N. The van der Waals surface area contributed by atoms with Crippen molar-refractivity contribution in [1.29, 1.82) is 0 Å². The summed E-state index contributed by atoms with van der Waals surface area (Å²) in [4.78, 5) is 2.76. The van der Waals surface area contributed by atoms with Crippen molar-refractivity contribution in [2.24, 2.45) is 28.6 Å². The van der Waals surface area contributed by atoms with E-state index in [1.54, 1.807) is 12.8 Å². The lowest BCUT2D eigenvalue weighted by atomic mass is 9.61. The van der Waals surface area contributed by atoms with Crippen molar-refractivity contribution in [3.05, 3.63) is 12.2 Å². The zero-order chi connectivity index (χ0) is 23.2. The predicted molar refractivity (Wildman–Crippen MR) is 145 cm³/mol. The Morgan fingerprint density at radius 3 is 1.76 bits per heavy atom. The van der Waals surface area contributed by atoms with Gasteiger partial charge in [0.2, 0.25) is 0 Å². The van der Waals surface area contributed by atoms with Crippen LogP contribution in [0, 0.1) is 28.6 Å². The number of rotatable bonds is 4. The molecule has 190 valence electrons. The van der Waals surface area contributed by atoms with Crippen LogP contribution in [0.15, 0.2) is 12.2 Å². The van der Waals surface area contributed by atoms with Crippen LogP contribution in [0.3, 0.4) is 0 Å². The van der Waals surface area contributed by atoms with Crippen LogP contribution in [-0.2, 0) is 0 Å². The third kappa shape index (κ3) is 6.68. The first kappa shape index (κ1) is 25.8. The topological polar surface area (TPSA) is 3.24 Å². The van der Waals surface area contributed by atoms with E-state index in [0.29, 0.717) is 10.8 Å². The fourth-order valence-corrected chi connectivity index (χ4v) is 8.93. The van der Waals surface area contributed by atoms with Gasteiger partial charge >= 0.3 is 0 Å². The van der Waals surface area contributed by atoms with Crippen LogP contribution in [0.4, 0.5) is 0 Å². The molecule has 3 saturated carbocycles. The van der Waals surface area contributed by atoms with Gasteiger partial charge in [0.05, 0.1) is 0 Å². The molecule has 0 bridgehead atoms. The molecule has 0 aromatic heterocycles. The van der Waals surface area contributed by atoms with Gasteiger partial charge in [-0.15, -0.1) is 6.58 Å². The maximum Gasteiger partial charge on any atom is 0.00122 e. The molecule has 3 atom stereocenters. The Bertz CT molecular complexity index is 590. The van der Waals surface area contributed by atoms with Crippen molar-refractivity contribution in [3.63, 3.8) is 0 Å². The lowest BCUT2D eigenvalue weighted by molar-refractivity contribution is 0.0800. The van der Waals surface area contributed by atoms with Gasteiger partial charge in [-0.2, -0.15) is 0 Å². The molecule has 0 radical (unpaired) electrons. The minimum atomic E-state index is 0.521. The van der Waals surface area contributed by atoms with E-state index in [0.717, 1.165) is 17.8 Å². The second kappa shape index (κ2) is 12.1. The summed E-state index contributed by atoms with van der Waals surface area (Å²) in [7, 11) is 2.45. The van der Waals surface area contributed by atoms with Crippen LogP contribution in [0.1, 0.15) is 142 Å². The maximum atomic E-state index is 4.50. The van der Waals surface area contributed by atoms with E-state index in [4.69, 9.17) is 0 Å². The number of allylic oxidation sites excluding steroid dienone is 1. The average Bonchev–Trinajstić information content (AvgIpc) is 3.39. The first-order valence-electron chi connectivity index (χ1n) is 15.4. The standard InChI is InChI=1S/C32H57N/c1-27(2)24-31(28-16-12-8-4-5-9-13-17-28)20-21-32(25-30(32)26-33(3)23-22-31)29-18-14-10-6-7-11-15-19-29/h28-30H,1,4-26H2,2-3H3. The summed E-state index contributed by atoms with van der Waals surface area (Å²) in [5.41, 5.74) is 2.68. The van der Waals surface area contributed by atoms with Crippen molar-refractivity contribution < 1.29 is 0 Å². The Balaban J connectivity index is 1.57. The molecule has 4 rings (SSSR count). The van der Waals surface area contributed by atoms with E-state index in [-0.39, 0.29) is 0 Å². The van der Waals surface area contributed by atoms with Crippen molar-refractivity contribution >= 4 is 0 Å². The van der Waals surface area contributed by atoms with E-state index in [9.17, 15) is 0 Å².